The molecule has 0 aromatic carbocycles. The number of aliphatic hydroxyl groups excluding tert-OH is 1. The number of hydrogen-bond donors (Lipinski definition) is 1. The van der Waals surface area contributed by atoms with Crippen molar-refractivity contribution in [3.8, 4) is 0 Å². The lowest BCUT2D eigenvalue weighted by Crippen LogP contribution is -2.42. The molecule has 1 saturated heterocycles. The number of fused-ring (bicyclic) bond motifs is 1. The standard InChI is InChI=1S/C17H26O4/c1-16(2)20-11-14(21-16)10-17-8-7-13(18)9-12(17)5-3-4-6-15(17)19/h9,14-15,19H,3-8,10-11H2,1-2H3/t14-,15+,17-/m0/s1. The van der Waals surface area contributed by atoms with E-state index in [1.54, 1.807) is 6.08 Å². The van der Waals surface area contributed by atoms with Crippen LogP contribution in [0.2, 0.25) is 0 Å². The van der Waals surface area contributed by atoms with Gasteiger partial charge in [0, 0.05) is 11.8 Å². The Kier molecular flexibility index (Phi) is 3.97. The summed E-state index contributed by atoms with van der Waals surface area (Å²) in [7, 11) is 0. The lowest BCUT2D eigenvalue weighted by molar-refractivity contribution is -0.144. The lowest BCUT2D eigenvalue weighted by Gasteiger charge is -2.42. The molecule has 3 aliphatic rings. The quantitative estimate of drug-likeness (QED) is 0.851. The van der Waals surface area contributed by atoms with E-state index >= 15 is 0 Å². The van der Waals surface area contributed by atoms with Crippen LogP contribution in [0.15, 0.2) is 11.6 Å². The Morgan fingerprint density at radius 3 is 2.86 bits per heavy atom. The maximum absolute atomic E-state index is 11.8. The van der Waals surface area contributed by atoms with Gasteiger partial charge in [-0.15, -0.1) is 0 Å². The summed E-state index contributed by atoms with van der Waals surface area (Å²) in [5.41, 5.74) is 0.871. The van der Waals surface area contributed by atoms with Gasteiger partial charge in [-0.2, -0.15) is 0 Å². The van der Waals surface area contributed by atoms with E-state index in [0.29, 0.717) is 13.0 Å². The van der Waals surface area contributed by atoms with Crippen LogP contribution in [-0.2, 0) is 14.3 Å². The third-order valence-electron chi connectivity index (χ3n) is 5.26. The van der Waals surface area contributed by atoms with Crippen molar-refractivity contribution < 1.29 is 19.4 Å². The van der Waals surface area contributed by atoms with Crippen molar-refractivity contribution in [1.82, 2.24) is 0 Å². The molecule has 2 fully saturated rings. The average molecular weight is 294 g/mol. The van der Waals surface area contributed by atoms with Gasteiger partial charge in [-0.25, -0.2) is 0 Å². The summed E-state index contributed by atoms with van der Waals surface area (Å²) < 4.78 is 11.6. The molecular formula is C17H26O4. The third kappa shape index (κ3) is 2.94. The number of carbonyl (C=O) groups excluding carboxylic acids is 1. The number of hydrogen-bond acceptors (Lipinski definition) is 4. The number of ether oxygens (including phenoxy) is 2. The van der Waals surface area contributed by atoms with Crippen LogP contribution in [0.25, 0.3) is 0 Å². The van der Waals surface area contributed by atoms with Gasteiger partial charge in [-0.1, -0.05) is 12.0 Å². The largest absolute Gasteiger partial charge is 0.392 e. The molecule has 0 amide bonds. The second-order valence-corrected chi connectivity index (χ2v) is 7.21. The zero-order valence-corrected chi connectivity index (χ0v) is 13.1. The monoisotopic (exact) mass is 294 g/mol. The molecule has 3 rings (SSSR count). The molecule has 1 N–H and O–H groups in total. The maximum atomic E-state index is 11.8. The summed E-state index contributed by atoms with van der Waals surface area (Å²) in [5.74, 6) is -0.329. The van der Waals surface area contributed by atoms with Gasteiger partial charge < -0.3 is 14.6 Å². The maximum Gasteiger partial charge on any atom is 0.163 e. The zero-order valence-electron chi connectivity index (χ0n) is 13.1. The van der Waals surface area contributed by atoms with Gasteiger partial charge in [-0.05, 0) is 52.0 Å². The number of allylic oxidation sites excluding steroid dienone is 1. The molecule has 0 aromatic rings. The van der Waals surface area contributed by atoms with E-state index in [0.717, 1.165) is 44.1 Å². The highest BCUT2D eigenvalue weighted by molar-refractivity contribution is 5.91. The van der Waals surface area contributed by atoms with Gasteiger partial charge >= 0.3 is 0 Å². The molecule has 1 heterocycles. The highest BCUT2D eigenvalue weighted by Gasteiger charge is 2.48. The first-order valence-electron chi connectivity index (χ1n) is 8.15. The first-order chi connectivity index (χ1) is 9.91. The summed E-state index contributed by atoms with van der Waals surface area (Å²) in [6.07, 6.45) is 7.33. The fourth-order valence-corrected chi connectivity index (χ4v) is 4.19. The van der Waals surface area contributed by atoms with Gasteiger partial charge in [0.25, 0.3) is 0 Å². The minimum atomic E-state index is -0.536. The van der Waals surface area contributed by atoms with Crippen molar-refractivity contribution in [2.45, 2.75) is 76.8 Å². The van der Waals surface area contributed by atoms with Crippen molar-refractivity contribution >= 4 is 5.78 Å². The number of rotatable bonds is 2. The van der Waals surface area contributed by atoms with Crippen molar-refractivity contribution in [3.63, 3.8) is 0 Å². The molecule has 118 valence electrons. The van der Waals surface area contributed by atoms with Crippen LogP contribution in [0.1, 0.15) is 58.8 Å². The van der Waals surface area contributed by atoms with Crippen molar-refractivity contribution in [2.75, 3.05) is 6.61 Å². The smallest absolute Gasteiger partial charge is 0.163 e. The Labute approximate surface area is 126 Å². The van der Waals surface area contributed by atoms with E-state index in [4.69, 9.17) is 9.47 Å². The summed E-state index contributed by atoms with van der Waals surface area (Å²) >= 11 is 0. The van der Waals surface area contributed by atoms with E-state index < -0.39 is 5.79 Å². The molecule has 4 heteroatoms. The minimum Gasteiger partial charge on any atom is -0.392 e. The Morgan fingerprint density at radius 1 is 1.33 bits per heavy atom. The number of aliphatic hydroxyl groups is 1. The van der Waals surface area contributed by atoms with E-state index in [1.807, 2.05) is 13.8 Å². The van der Waals surface area contributed by atoms with Gasteiger partial charge in [0.1, 0.15) is 0 Å². The van der Waals surface area contributed by atoms with E-state index in [1.165, 1.54) is 0 Å². The average Bonchev–Trinajstić information content (AvgIpc) is 2.67. The molecule has 21 heavy (non-hydrogen) atoms. The second kappa shape index (κ2) is 5.49. The third-order valence-corrected chi connectivity index (χ3v) is 5.26. The molecule has 4 nitrogen and oxygen atoms in total. The van der Waals surface area contributed by atoms with Crippen molar-refractivity contribution in [3.05, 3.63) is 11.6 Å². The zero-order chi connectivity index (χ0) is 15.1. The molecular weight excluding hydrogens is 268 g/mol. The highest BCUT2D eigenvalue weighted by Crippen LogP contribution is 2.50. The molecule has 0 bridgehead atoms. The topological polar surface area (TPSA) is 55.8 Å². The first-order valence-corrected chi connectivity index (χ1v) is 8.15. The molecule has 0 radical (unpaired) electrons. The van der Waals surface area contributed by atoms with E-state index in [9.17, 15) is 9.90 Å². The second-order valence-electron chi connectivity index (χ2n) is 7.21. The predicted molar refractivity (Wildman–Crippen MR) is 78.8 cm³/mol. The normalized spacial score (nSPS) is 39.6. The molecule has 2 aliphatic carbocycles. The fourth-order valence-electron chi connectivity index (χ4n) is 4.19. The SMILES string of the molecule is CC1(C)OC[C@H](C[C@@]23CCC(=O)C=C2CCCC[C@H]3O)O1. The van der Waals surface area contributed by atoms with Gasteiger partial charge in [0.2, 0.25) is 0 Å². The minimum absolute atomic E-state index is 0.00403. The molecule has 0 unspecified atom stereocenters. The van der Waals surface area contributed by atoms with Gasteiger partial charge in [0.15, 0.2) is 11.6 Å². The summed E-state index contributed by atoms with van der Waals surface area (Å²) in [4.78, 5) is 11.8. The Balaban J connectivity index is 1.86. The van der Waals surface area contributed by atoms with Crippen molar-refractivity contribution in [1.29, 1.82) is 0 Å². The van der Waals surface area contributed by atoms with Crippen LogP contribution < -0.4 is 0 Å². The van der Waals surface area contributed by atoms with Crippen LogP contribution in [0, 0.1) is 5.41 Å². The number of carbonyl (C=O) groups is 1. The number of ketones is 1. The molecule has 1 aliphatic heterocycles. The van der Waals surface area contributed by atoms with Crippen LogP contribution in [0.4, 0.5) is 0 Å². The molecule has 0 aromatic heterocycles. The summed E-state index contributed by atoms with van der Waals surface area (Å²) in [5, 5.41) is 10.8. The molecule has 0 spiro atoms. The van der Waals surface area contributed by atoms with E-state index in [-0.39, 0.29) is 23.4 Å². The van der Waals surface area contributed by atoms with Gasteiger partial charge in [-0.3, -0.25) is 4.79 Å². The summed E-state index contributed by atoms with van der Waals surface area (Å²) in [6.45, 7) is 4.42. The van der Waals surface area contributed by atoms with Crippen LogP contribution in [0.3, 0.4) is 0 Å². The van der Waals surface area contributed by atoms with Crippen molar-refractivity contribution in [2.24, 2.45) is 5.41 Å². The summed E-state index contributed by atoms with van der Waals surface area (Å²) in [6, 6.07) is 0. The Bertz CT molecular complexity index is 454. The predicted octanol–water partition coefficient (Wildman–Crippen LogP) is 2.74. The van der Waals surface area contributed by atoms with Crippen LogP contribution >= 0.6 is 0 Å². The fraction of sp³-hybridized carbons (Fsp3) is 0.824. The first kappa shape index (κ1) is 15.2. The molecule has 1 saturated carbocycles. The molecule has 3 atom stereocenters. The van der Waals surface area contributed by atoms with Gasteiger partial charge in [0.05, 0.1) is 18.8 Å². The van der Waals surface area contributed by atoms with Crippen LogP contribution in [0.5, 0.6) is 0 Å². The Hall–Kier alpha value is -0.710. The Morgan fingerprint density at radius 2 is 2.14 bits per heavy atom. The lowest BCUT2D eigenvalue weighted by atomic mass is 9.64. The highest BCUT2D eigenvalue weighted by atomic mass is 16.7. The van der Waals surface area contributed by atoms with Crippen LogP contribution in [-0.4, -0.2) is 35.5 Å². The van der Waals surface area contributed by atoms with E-state index in [2.05, 4.69) is 0 Å².